The van der Waals surface area contributed by atoms with Gasteiger partial charge in [-0.25, -0.2) is 0 Å². The first-order chi connectivity index (χ1) is 16.6. The summed E-state index contributed by atoms with van der Waals surface area (Å²) in [7, 11) is 0. The number of carbonyl (C=O) groups is 2. The summed E-state index contributed by atoms with van der Waals surface area (Å²) < 4.78 is 11.6. The molecule has 0 aliphatic carbocycles. The van der Waals surface area contributed by atoms with Gasteiger partial charge in [0.1, 0.15) is 6.61 Å². The van der Waals surface area contributed by atoms with Gasteiger partial charge >= 0.3 is 0 Å². The number of benzene rings is 2. The summed E-state index contributed by atoms with van der Waals surface area (Å²) in [5.74, 6) is 0.542. The van der Waals surface area contributed by atoms with Gasteiger partial charge in [0.25, 0.3) is 11.8 Å². The molecule has 7 nitrogen and oxygen atoms in total. The second-order valence-corrected chi connectivity index (χ2v) is 8.15. The summed E-state index contributed by atoms with van der Waals surface area (Å²) in [5, 5.41) is 7.55. The number of thiophene rings is 1. The van der Waals surface area contributed by atoms with Gasteiger partial charge < -0.3 is 20.1 Å². The highest BCUT2D eigenvalue weighted by molar-refractivity contribution is 7.12. The Bertz CT molecular complexity index is 1260. The van der Waals surface area contributed by atoms with Crippen LogP contribution in [0.5, 0.6) is 11.5 Å². The molecule has 0 saturated heterocycles. The summed E-state index contributed by atoms with van der Waals surface area (Å²) >= 11 is 1.36. The molecule has 4 aromatic rings. The number of ether oxygens (including phenoxy) is 2. The number of rotatable bonds is 9. The summed E-state index contributed by atoms with van der Waals surface area (Å²) in [6.07, 6.45) is 3.41. The standard InChI is InChI=1S/C26H23N3O4S/c1-2-32-23-15-19(8-9-22(23)33-17-18-10-12-27-13-11-18)25(30)28-20-5-3-6-21(16-20)29-26(31)24-7-4-14-34-24/h3-16H,2,17H2,1H3,(H,28,30)(H,29,31). The van der Waals surface area contributed by atoms with E-state index in [1.165, 1.54) is 11.3 Å². The van der Waals surface area contributed by atoms with Gasteiger partial charge in [0.2, 0.25) is 0 Å². The van der Waals surface area contributed by atoms with Gasteiger partial charge in [-0.05, 0) is 72.5 Å². The zero-order valence-corrected chi connectivity index (χ0v) is 19.3. The van der Waals surface area contributed by atoms with E-state index in [4.69, 9.17) is 9.47 Å². The lowest BCUT2D eigenvalue weighted by Crippen LogP contribution is -2.13. The van der Waals surface area contributed by atoms with Gasteiger partial charge in [0.05, 0.1) is 11.5 Å². The number of amides is 2. The highest BCUT2D eigenvalue weighted by Gasteiger charge is 2.13. The van der Waals surface area contributed by atoms with Crippen LogP contribution in [0.1, 0.15) is 32.5 Å². The van der Waals surface area contributed by atoms with Crippen molar-refractivity contribution in [3.05, 3.63) is 101 Å². The molecule has 4 rings (SSSR count). The monoisotopic (exact) mass is 473 g/mol. The molecule has 0 aliphatic rings. The Hall–Kier alpha value is -4.17. The number of nitrogens with zero attached hydrogens (tertiary/aromatic N) is 1. The lowest BCUT2D eigenvalue weighted by Gasteiger charge is -2.14. The predicted molar refractivity (Wildman–Crippen MR) is 133 cm³/mol. The van der Waals surface area contributed by atoms with E-state index in [2.05, 4.69) is 15.6 Å². The largest absolute Gasteiger partial charge is 0.490 e. The normalized spacial score (nSPS) is 10.4. The highest BCUT2D eigenvalue weighted by Crippen LogP contribution is 2.30. The van der Waals surface area contributed by atoms with Gasteiger partial charge in [0.15, 0.2) is 11.5 Å². The van der Waals surface area contributed by atoms with Crippen LogP contribution in [-0.2, 0) is 6.61 Å². The van der Waals surface area contributed by atoms with E-state index in [0.717, 1.165) is 5.56 Å². The van der Waals surface area contributed by atoms with E-state index in [0.29, 0.717) is 46.5 Å². The molecule has 0 bridgehead atoms. The third-order valence-electron chi connectivity index (χ3n) is 4.77. The third kappa shape index (κ3) is 5.99. The molecule has 2 amide bonds. The van der Waals surface area contributed by atoms with Gasteiger partial charge in [-0.2, -0.15) is 0 Å². The fourth-order valence-corrected chi connectivity index (χ4v) is 3.77. The van der Waals surface area contributed by atoms with Crippen molar-refractivity contribution in [1.82, 2.24) is 4.98 Å². The van der Waals surface area contributed by atoms with E-state index in [9.17, 15) is 9.59 Å². The number of anilines is 2. The fraction of sp³-hybridized carbons (Fsp3) is 0.115. The maximum Gasteiger partial charge on any atom is 0.265 e. The summed E-state index contributed by atoms with van der Waals surface area (Å²) in [5.41, 5.74) is 2.55. The van der Waals surface area contributed by atoms with Crippen molar-refractivity contribution >= 4 is 34.5 Å². The minimum atomic E-state index is -0.302. The van der Waals surface area contributed by atoms with Crippen molar-refractivity contribution in [2.75, 3.05) is 17.2 Å². The Morgan fingerprint density at radius 1 is 0.853 bits per heavy atom. The molecule has 0 atom stereocenters. The Morgan fingerprint density at radius 2 is 1.62 bits per heavy atom. The molecule has 2 aromatic heterocycles. The molecule has 0 unspecified atom stereocenters. The number of carbonyl (C=O) groups excluding carboxylic acids is 2. The molecule has 0 saturated carbocycles. The van der Waals surface area contributed by atoms with Crippen molar-refractivity contribution in [1.29, 1.82) is 0 Å². The van der Waals surface area contributed by atoms with Crippen molar-refractivity contribution in [2.24, 2.45) is 0 Å². The van der Waals surface area contributed by atoms with Crippen molar-refractivity contribution in [3.63, 3.8) is 0 Å². The fourth-order valence-electron chi connectivity index (χ4n) is 3.16. The molecule has 2 aromatic carbocycles. The minimum Gasteiger partial charge on any atom is -0.490 e. The van der Waals surface area contributed by atoms with Crippen LogP contribution in [-0.4, -0.2) is 23.4 Å². The Morgan fingerprint density at radius 3 is 2.32 bits per heavy atom. The molecule has 172 valence electrons. The molecular weight excluding hydrogens is 450 g/mol. The van der Waals surface area contributed by atoms with Crippen LogP contribution < -0.4 is 20.1 Å². The van der Waals surface area contributed by atoms with Crippen molar-refractivity contribution in [3.8, 4) is 11.5 Å². The van der Waals surface area contributed by atoms with E-state index in [-0.39, 0.29) is 11.8 Å². The molecule has 0 fully saturated rings. The minimum absolute atomic E-state index is 0.192. The highest BCUT2D eigenvalue weighted by atomic mass is 32.1. The van der Waals surface area contributed by atoms with Crippen LogP contribution in [0.15, 0.2) is 84.5 Å². The molecule has 2 heterocycles. The zero-order chi connectivity index (χ0) is 23.8. The van der Waals surface area contributed by atoms with E-state index in [1.54, 1.807) is 60.9 Å². The van der Waals surface area contributed by atoms with E-state index in [1.807, 2.05) is 30.5 Å². The molecule has 8 heteroatoms. The number of hydrogen-bond donors (Lipinski definition) is 2. The summed E-state index contributed by atoms with van der Waals surface area (Å²) in [6.45, 7) is 2.66. The van der Waals surface area contributed by atoms with Crippen LogP contribution in [0, 0.1) is 0 Å². The number of hydrogen-bond acceptors (Lipinski definition) is 6. The van der Waals surface area contributed by atoms with Crippen LogP contribution in [0.25, 0.3) is 0 Å². The van der Waals surface area contributed by atoms with Crippen LogP contribution >= 0.6 is 11.3 Å². The lowest BCUT2D eigenvalue weighted by molar-refractivity contribution is 0.102. The van der Waals surface area contributed by atoms with Gasteiger partial charge in [-0.15, -0.1) is 11.3 Å². The van der Waals surface area contributed by atoms with E-state index < -0.39 is 0 Å². The van der Waals surface area contributed by atoms with Crippen molar-refractivity contribution in [2.45, 2.75) is 13.5 Å². The quantitative estimate of drug-likeness (QED) is 0.329. The molecule has 0 radical (unpaired) electrons. The summed E-state index contributed by atoms with van der Waals surface area (Å²) in [6, 6.07) is 19.4. The lowest BCUT2D eigenvalue weighted by atomic mass is 10.1. The molecular formula is C26H23N3O4S. The third-order valence-corrected chi connectivity index (χ3v) is 5.64. The molecule has 0 spiro atoms. The average Bonchev–Trinajstić information content (AvgIpc) is 3.40. The molecule has 0 aliphatic heterocycles. The summed E-state index contributed by atoms with van der Waals surface area (Å²) in [4.78, 5) is 29.8. The predicted octanol–water partition coefficient (Wildman–Crippen LogP) is 5.63. The maximum absolute atomic E-state index is 12.9. The zero-order valence-electron chi connectivity index (χ0n) is 18.5. The van der Waals surface area contributed by atoms with Gasteiger partial charge in [0, 0.05) is 29.3 Å². The first-order valence-electron chi connectivity index (χ1n) is 10.7. The van der Waals surface area contributed by atoms with E-state index >= 15 is 0 Å². The topological polar surface area (TPSA) is 89.6 Å². The Kier molecular flexibility index (Phi) is 7.52. The molecule has 2 N–H and O–H groups in total. The maximum atomic E-state index is 12.9. The Balaban J connectivity index is 1.44. The smallest absolute Gasteiger partial charge is 0.265 e. The Labute approximate surface area is 201 Å². The van der Waals surface area contributed by atoms with Gasteiger partial charge in [-0.3, -0.25) is 14.6 Å². The van der Waals surface area contributed by atoms with Crippen LogP contribution in [0.2, 0.25) is 0 Å². The van der Waals surface area contributed by atoms with Gasteiger partial charge in [-0.1, -0.05) is 12.1 Å². The first-order valence-corrected chi connectivity index (χ1v) is 11.5. The molecule has 34 heavy (non-hydrogen) atoms. The number of nitrogens with one attached hydrogen (secondary N) is 2. The van der Waals surface area contributed by atoms with Crippen molar-refractivity contribution < 1.29 is 19.1 Å². The average molecular weight is 474 g/mol. The first kappa shape index (κ1) is 23.0. The second kappa shape index (κ2) is 11.1. The SMILES string of the molecule is CCOc1cc(C(=O)Nc2cccc(NC(=O)c3cccs3)c2)ccc1OCc1ccncc1. The number of pyridine rings is 1. The second-order valence-electron chi connectivity index (χ2n) is 7.21. The number of aromatic nitrogens is 1. The van der Waals surface area contributed by atoms with Crippen LogP contribution in [0.3, 0.4) is 0 Å². The van der Waals surface area contributed by atoms with Crippen LogP contribution in [0.4, 0.5) is 11.4 Å².